The number of phenols is 1. The lowest BCUT2D eigenvalue weighted by Gasteiger charge is -2.22. The van der Waals surface area contributed by atoms with E-state index in [1.165, 1.54) is 17.7 Å². The van der Waals surface area contributed by atoms with Crippen molar-refractivity contribution < 1.29 is 18.1 Å². The second-order valence-electron chi connectivity index (χ2n) is 6.65. The predicted molar refractivity (Wildman–Crippen MR) is 106 cm³/mol. The molecule has 0 heterocycles. The third-order valence-electron chi connectivity index (χ3n) is 5.00. The first-order valence-electron chi connectivity index (χ1n) is 8.74. The second-order valence-corrected chi connectivity index (χ2v) is 8.04. The maximum atomic E-state index is 11.5. The zero-order chi connectivity index (χ0) is 19.6. The number of hydrogen-bond acceptors (Lipinski definition) is 3. The molecule has 0 radical (unpaired) electrons. The van der Waals surface area contributed by atoms with Crippen molar-refractivity contribution in [2.75, 3.05) is 0 Å². The van der Waals surface area contributed by atoms with Gasteiger partial charge >= 0.3 is 0 Å². The summed E-state index contributed by atoms with van der Waals surface area (Å²) in [4.78, 5) is -0.472. The molecule has 140 valence electrons. The van der Waals surface area contributed by atoms with Crippen molar-refractivity contribution in [2.24, 2.45) is 0 Å². The van der Waals surface area contributed by atoms with Crippen molar-refractivity contribution in [1.82, 2.24) is 0 Å². The maximum Gasteiger partial charge on any atom is 0.298 e. The van der Waals surface area contributed by atoms with Gasteiger partial charge in [0.05, 0.1) is 0 Å². The molecule has 2 N–H and O–H groups in total. The molecule has 27 heavy (non-hydrogen) atoms. The van der Waals surface area contributed by atoms with Gasteiger partial charge in [-0.2, -0.15) is 8.42 Å². The third-order valence-corrected chi connectivity index (χ3v) is 5.89. The Balaban J connectivity index is 2.09. The average Bonchev–Trinajstić information content (AvgIpc) is 2.67. The minimum absolute atomic E-state index is 0.136. The number of para-hydroxylation sites is 1. The Labute approximate surface area is 159 Å². The summed E-state index contributed by atoms with van der Waals surface area (Å²) in [5, 5.41) is 10.5. The first-order chi connectivity index (χ1) is 12.8. The number of phenolic OH excluding ortho intramolecular Hbond substituents is 1. The van der Waals surface area contributed by atoms with Crippen LogP contribution in [0.3, 0.4) is 0 Å². The highest BCUT2D eigenvalue weighted by Gasteiger charge is 2.23. The minimum atomic E-state index is -4.49. The van der Waals surface area contributed by atoms with Crippen LogP contribution < -0.4 is 0 Å². The van der Waals surface area contributed by atoms with Crippen LogP contribution in [0.2, 0.25) is 0 Å². The van der Waals surface area contributed by atoms with E-state index in [0.717, 1.165) is 11.1 Å². The van der Waals surface area contributed by atoms with Crippen molar-refractivity contribution in [3.05, 3.63) is 95.1 Å². The highest BCUT2D eigenvalue weighted by molar-refractivity contribution is 7.86. The Morgan fingerprint density at radius 1 is 0.704 bits per heavy atom. The predicted octanol–water partition coefficient (Wildman–Crippen LogP) is 4.94. The van der Waals surface area contributed by atoms with Crippen LogP contribution in [0.1, 0.15) is 47.9 Å². The van der Waals surface area contributed by atoms with Gasteiger partial charge in [0.15, 0.2) is 0 Å². The van der Waals surface area contributed by atoms with Gasteiger partial charge in [0.2, 0.25) is 0 Å². The molecule has 2 unspecified atom stereocenters. The van der Waals surface area contributed by atoms with E-state index < -0.39 is 20.8 Å². The Morgan fingerprint density at radius 3 is 1.81 bits per heavy atom. The van der Waals surface area contributed by atoms with Gasteiger partial charge in [0.1, 0.15) is 10.6 Å². The highest BCUT2D eigenvalue weighted by Crippen LogP contribution is 2.39. The number of benzene rings is 3. The normalized spacial score (nSPS) is 13.9. The smallest absolute Gasteiger partial charge is 0.298 e. The first kappa shape index (κ1) is 19.1. The number of aromatic hydroxyl groups is 1. The van der Waals surface area contributed by atoms with E-state index in [9.17, 15) is 18.1 Å². The zero-order valence-electron chi connectivity index (χ0n) is 15.2. The summed E-state index contributed by atoms with van der Waals surface area (Å²) >= 11 is 0. The monoisotopic (exact) mass is 382 g/mol. The molecule has 0 aliphatic carbocycles. The van der Waals surface area contributed by atoms with E-state index in [0.29, 0.717) is 5.56 Å². The van der Waals surface area contributed by atoms with E-state index >= 15 is 0 Å². The van der Waals surface area contributed by atoms with Gasteiger partial charge in [-0.25, -0.2) is 0 Å². The van der Waals surface area contributed by atoms with E-state index in [4.69, 9.17) is 0 Å². The standard InChI is InChI=1S/C22H22O4S/c1-15(17-9-4-3-5-10-17)18-11-6-7-12-19(18)16(2)20-13-8-14-21(22(20)23)27(24,25)26/h3-16,23H,1-2H3,(H,24,25,26). The molecule has 5 heteroatoms. The first-order valence-corrected chi connectivity index (χ1v) is 10.2. The molecule has 3 aromatic rings. The third kappa shape index (κ3) is 3.89. The van der Waals surface area contributed by atoms with Crippen LogP contribution in [0.4, 0.5) is 0 Å². The molecule has 0 saturated carbocycles. The molecule has 0 aromatic heterocycles. The topological polar surface area (TPSA) is 74.6 Å². The summed E-state index contributed by atoms with van der Waals surface area (Å²) in [5.41, 5.74) is 3.73. The van der Waals surface area contributed by atoms with E-state index in [1.807, 2.05) is 49.4 Å². The van der Waals surface area contributed by atoms with Crippen molar-refractivity contribution >= 4 is 10.1 Å². The summed E-state index contributed by atoms with van der Waals surface area (Å²) < 4.78 is 32.4. The van der Waals surface area contributed by atoms with E-state index in [-0.39, 0.29) is 11.8 Å². The number of rotatable bonds is 5. The molecule has 0 fully saturated rings. The fraction of sp³-hybridized carbons (Fsp3) is 0.182. The van der Waals surface area contributed by atoms with E-state index in [2.05, 4.69) is 19.1 Å². The highest BCUT2D eigenvalue weighted by atomic mass is 32.2. The number of hydrogen-bond donors (Lipinski definition) is 2. The van der Waals surface area contributed by atoms with Gasteiger partial charge in [-0.15, -0.1) is 0 Å². The van der Waals surface area contributed by atoms with Gasteiger partial charge in [0, 0.05) is 17.4 Å². The average molecular weight is 382 g/mol. The SMILES string of the molecule is CC(c1ccccc1)c1ccccc1C(C)c1cccc(S(=O)(=O)O)c1O. The molecule has 0 aliphatic rings. The molecule has 0 saturated heterocycles. The van der Waals surface area contributed by atoms with Crippen molar-refractivity contribution in [3.8, 4) is 5.75 Å². The molecule has 0 aliphatic heterocycles. The lowest BCUT2D eigenvalue weighted by Crippen LogP contribution is -2.07. The van der Waals surface area contributed by atoms with Gasteiger partial charge in [-0.05, 0) is 22.8 Å². The Hall–Kier alpha value is -2.63. The fourth-order valence-corrected chi connectivity index (χ4v) is 4.10. The lowest BCUT2D eigenvalue weighted by atomic mass is 9.82. The molecular formula is C22H22O4S. The van der Waals surface area contributed by atoms with Crippen molar-refractivity contribution in [2.45, 2.75) is 30.6 Å². The van der Waals surface area contributed by atoms with Gasteiger partial charge in [0.25, 0.3) is 10.1 Å². The summed E-state index contributed by atoms with van der Waals surface area (Å²) in [5.74, 6) is -0.527. The Kier molecular flexibility index (Phi) is 5.35. The zero-order valence-corrected chi connectivity index (χ0v) is 16.0. The van der Waals surface area contributed by atoms with Crippen LogP contribution >= 0.6 is 0 Å². The largest absolute Gasteiger partial charge is 0.506 e. The molecule has 2 atom stereocenters. The molecule has 0 bridgehead atoms. The van der Waals surface area contributed by atoms with Crippen LogP contribution in [-0.4, -0.2) is 18.1 Å². The Bertz CT molecular complexity index is 1040. The summed E-state index contributed by atoms with van der Waals surface area (Å²) in [6.07, 6.45) is 0. The summed E-state index contributed by atoms with van der Waals surface area (Å²) in [6.45, 7) is 4.04. The molecule has 3 rings (SSSR count). The van der Waals surface area contributed by atoms with Crippen LogP contribution in [-0.2, 0) is 10.1 Å². The summed E-state index contributed by atoms with van der Waals surface area (Å²) in [7, 11) is -4.49. The maximum absolute atomic E-state index is 11.5. The van der Waals surface area contributed by atoms with Crippen LogP contribution in [0, 0.1) is 0 Å². The summed E-state index contributed by atoms with van der Waals surface area (Å²) in [6, 6.07) is 22.4. The molecule has 3 aromatic carbocycles. The second kappa shape index (κ2) is 7.55. The lowest BCUT2D eigenvalue weighted by molar-refractivity contribution is 0.436. The van der Waals surface area contributed by atoms with Crippen molar-refractivity contribution in [3.63, 3.8) is 0 Å². The minimum Gasteiger partial charge on any atom is -0.506 e. The van der Waals surface area contributed by atoms with Gasteiger partial charge in [-0.1, -0.05) is 80.6 Å². The molecule has 0 amide bonds. The molecule has 4 nitrogen and oxygen atoms in total. The quantitative estimate of drug-likeness (QED) is 0.613. The molecule has 0 spiro atoms. The fourth-order valence-electron chi connectivity index (χ4n) is 3.49. The molecular weight excluding hydrogens is 360 g/mol. The Morgan fingerprint density at radius 2 is 1.22 bits per heavy atom. The van der Waals surface area contributed by atoms with Gasteiger partial charge in [-0.3, -0.25) is 4.55 Å². The van der Waals surface area contributed by atoms with Crippen LogP contribution in [0.15, 0.2) is 77.7 Å². The van der Waals surface area contributed by atoms with E-state index in [1.54, 1.807) is 6.07 Å². The van der Waals surface area contributed by atoms with Gasteiger partial charge < -0.3 is 5.11 Å². The van der Waals surface area contributed by atoms with Crippen LogP contribution in [0.25, 0.3) is 0 Å². The van der Waals surface area contributed by atoms with Crippen molar-refractivity contribution in [1.29, 1.82) is 0 Å². The van der Waals surface area contributed by atoms with Crippen LogP contribution in [0.5, 0.6) is 5.75 Å².